The summed E-state index contributed by atoms with van der Waals surface area (Å²) in [5, 5.41) is 6.46. The molecule has 0 aromatic carbocycles. The van der Waals surface area contributed by atoms with E-state index in [1.165, 1.54) is 4.88 Å². The molecular formula is C13H16BrN3O2S. The predicted octanol–water partition coefficient (Wildman–Crippen LogP) is 3.27. The molecule has 1 N–H and O–H groups in total. The molecule has 0 aliphatic rings. The molecule has 2 rings (SSSR count). The summed E-state index contributed by atoms with van der Waals surface area (Å²) in [4.78, 5) is 15.3. The van der Waals surface area contributed by atoms with Gasteiger partial charge in [-0.15, -0.1) is 11.3 Å². The zero-order chi connectivity index (χ0) is 14.7. The number of carbonyl (C=O) groups is 1. The highest BCUT2D eigenvalue weighted by atomic mass is 79.9. The summed E-state index contributed by atoms with van der Waals surface area (Å²) in [5.74, 6) is 0.269. The van der Waals surface area contributed by atoms with E-state index in [0.29, 0.717) is 5.88 Å². The molecule has 2 aromatic rings. The van der Waals surface area contributed by atoms with E-state index in [1.54, 1.807) is 17.4 Å². The first-order valence-electron chi connectivity index (χ1n) is 6.14. The van der Waals surface area contributed by atoms with Crippen LogP contribution < -0.4 is 5.32 Å². The summed E-state index contributed by atoms with van der Waals surface area (Å²) in [7, 11) is 1.92. The molecule has 0 spiro atoms. The van der Waals surface area contributed by atoms with Crippen molar-refractivity contribution in [3.63, 3.8) is 0 Å². The number of rotatable bonds is 5. The first-order chi connectivity index (χ1) is 9.45. The molecule has 0 bridgehead atoms. The van der Waals surface area contributed by atoms with Gasteiger partial charge in [0.1, 0.15) is 0 Å². The molecule has 0 fully saturated rings. The quantitative estimate of drug-likeness (QED) is 0.891. The number of nitrogens with zero attached hydrogens (tertiary/aromatic N) is 2. The molecule has 7 heteroatoms. The molecule has 2 aromatic heterocycles. The number of aryl methyl sites for hydroxylation is 1. The lowest BCUT2D eigenvalue weighted by Gasteiger charge is -2.22. The van der Waals surface area contributed by atoms with Gasteiger partial charge in [-0.1, -0.05) is 5.16 Å². The van der Waals surface area contributed by atoms with E-state index in [1.807, 2.05) is 31.9 Å². The summed E-state index contributed by atoms with van der Waals surface area (Å²) in [6.45, 7) is 4.39. The molecule has 0 unspecified atom stereocenters. The van der Waals surface area contributed by atoms with Gasteiger partial charge in [-0.05, 0) is 49.0 Å². The van der Waals surface area contributed by atoms with Gasteiger partial charge in [-0.3, -0.25) is 15.0 Å². The molecule has 1 amide bonds. The fourth-order valence-electron chi connectivity index (χ4n) is 1.67. The maximum atomic E-state index is 12.1. The zero-order valence-electron chi connectivity index (χ0n) is 11.5. The molecule has 0 radical (unpaired) electrons. The van der Waals surface area contributed by atoms with Crippen molar-refractivity contribution >= 4 is 39.1 Å². The predicted molar refractivity (Wildman–Crippen MR) is 82.8 cm³/mol. The van der Waals surface area contributed by atoms with Gasteiger partial charge in [-0.25, -0.2) is 0 Å². The van der Waals surface area contributed by atoms with Crippen LogP contribution in [0.4, 0.5) is 5.88 Å². The Bertz CT molecular complexity index is 596. The number of halogens is 1. The van der Waals surface area contributed by atoms with Gasteiger partial charge in [0, 0.05) is 17.5 Å². The third-order valence-electron chi connectivity index (χ3n) is 2.95. The van der Waals surface area contributed by atoms with Gasteiger partial charge in [0.2, 0.25) is 11.8 Å². The van der Waals surface area contributed by atoms with E-state index in [4.69, 9.17) is 4.52 Å². The number of anilines is 1. The molecule has 108 valence electrons. The third-order valence-corrected chi connectivity index (χ3v) is 4.56. The summed E-state index contributed by atoms with van der Waals surface area (Å²) < 4.78 is 6.07. The van der Waals surface area contributed by atoms with Gasteiger partial charge in [0.25, 0.3) is 0 Å². The maximum Gasteiger partial charge on any atom is 0.243 e. The maximum absolute atomic E-state index is 12.1. The van der Waals surface area contributed by atoms with E-state index < -0.39 is 0 Å². The second-order valence-corrected chi connectivity index (χ2v) is 7.17. The Balaban J connectivity index is 1.92. The van der Waals surface area contributed by atoms with Crippen molar-refractivity contribution in [1.82, 2.24) is 10.1 Å². The standard InChI is InChI=1S/C13H16BrN3O2S/c1-8-6-12(19-16-8)15-13(18)9(2)17(3)7-10-4-5-11(14)20-10/h4-6,9H,7H2,1-3H3,(H,15,18)/t9-/m1/s1. The average molecular weight is 358 g/mol. The number of amides is 1. The first kappa shape index (κ1) is 15.2. The van der Waals surface area contributed by atoms with Crippen molar-refractivity contribution in [3.05, 3.63) is 32.6 Å². The van der Waals surface area contributed by atoms with Gasteiger partial charge >= 0.3 is 0 Å². The summed E-state index contributed by atoms with van der Waals surface area (Å²) in [6.07, 6.45) is 0. The van der Waals surface area contributed by atoms with Crippen molar-refractivity contribution in [2.75, 3.05) is 12.4 Å². The smallest absolute Gasteiger partial charge is 0.243 e. The molecule has 5 nitrogen and oxygen atoms in total. The number of hydrogen-bond acceptors (Lipinski definition) is 5. The fraction of sp³-hybridized carbons (Fsp3) is 0.385. The minimum atomic E-state index is -0.263. The van der Waals surface area contributed by atoms with Crippen LogP contribution >= 0.6 is 27.3 Å². The molecule has 0 aliphatic heterocycles. The molecule has 20 heavy (non-hydrogen) atoms. The minimum Gasteiger partial charge on any atom is -0.338 e. The Morgan fingerprint density at radius 1 is 1.60 bits per heavy atom. The lowest BCUT2D eigenvalue weighted by atomic mass is 10.2. The number of thiophene rings is 1. The summed E-state index contributed by atoms with van der Waals surface area (Å²) >= 11 is 5.10. The topological polar surface area (TPSA) is 58.4 Å². The van der Waals surface area contributed by atoms with Gasteiger partial charge in [-0.2, -0.15) is 0 Å². The highest BCUT2D eigenvalue weighted by molar-refractivity contribution is 9.11. The lowest BCUT2D eigenvalue weighted by molar-refractivity contribution is -0.120. The van der Waals surface area contributed by atoms with E-state index in [9.17, 15) is 4.79 Å². The van der Waals surface area contributed by atoms with Crippen LogP contribution in [0.25, 0.3) is 0 Å². The van der Waals surface area contributed by atoms with Crippen molar-refractivity contribution in [2.45, 2.75) is 26.4 Å². The minimum absolute atomic E-state index is 0.112. The Kier molecular flexibility index (Phi) is 4.95. The number of carbonyl (C=O) groups excluding carboxylic acids is 1. The molecular weight excluding hydrogens is 342 g/mol. The van der Waals surface area contributed by atoms with Gasteiger partial charge in [0.05, 0.1) is 15.5 Å². The lowest BCUT2D eigenvalue weighted by Crippen LogP contribution is -2.38. The van der Waals surface area contributed by atoms with Crippen LogP contribution in [0.2, 0.25) is 0 Å². The second kappa shape index (κ2) is 6.51. The van der Waals surface area contributed by atoms with E-state index in [2.05, 4.69) is 32.5 Å². The number of nitrogens with one attached hydrogen (secondary N) is 1. The van der Waals surface area contributed by atoms with Crippen LogP contribution in [0, 0.1) is 6.92 Å². The highest BCUT2D eigenvalue weighted by Gasteiger charge is 2.20. The molecule has 1 atom stereocenters. The zero-order valence-corrected chi connectivity index (χ0v) is 13.9. The Labute approximate surface area is 130 Å². The summed E-state index contributed by atoms with van der Waals surface area (Å²) in [6, 6.07) is 5.49. The molecule has 0 saturated heterocycles. The van der Waals surface area contributed by atoms with Crippen LogP contribution in [-0.4, -0.2) is 29.1 Å². The third kappa shape index (κ3) is 3.91. The average Bonchev–Trinajstić information content (AvgIpc) is 2.97. The number of likely N-dealkylation sites (N-methyl/N-ethyl adjacent to an activating group) is 1. The highest BCUT2D eigenvalue weighted by Crippen LogP contribution is 2.23. The van der Waals surface area contributed by atoms with E-state index >= 15 is 0 Å². The Morgan fingerprint density at radius 2 is 2.35 bits per heavy atom. The Morgan fingerprint density at radius 3 is 2.90 bits per heavy atom. The van der Waals surface area contributed by atoms with Crippen LogP contribution in [0.15, 0.2) is 26.5 Å². The first-order valence-corrected chi connectivity index (χ1v) is 7.75. The van der Waals surface area contributed by atoms with Crippen molar-refractivity contribution < 1.29 is 9.32 Å². The van der Waals surface area contributed by atoms with Crippen LogP contribution in [0.1, 0.15) is 17.5 Å². The number of aromatic nitrogens is 1. The van der Waals surface area contributed by atoms with Gasteiger partial charge < -0.3 is 4.52 Å². The van der Waals surface area contributed by atoms with Crippen molar-refractivity contribution in [3.8, 4) is 0 Å². The molecule has 2 heterocycles. The van der Waals surface area contributed by atoms with Crippen molar-refractivity contribution in [1.29, 1.82) is 0 Å². The summed E-state index contributed by atoms with van der Waals surface area (Å²) in [5.41, 5.74) is 0.741. The Hall–Kier alpha value is -1.18. The normalized spacial score (nSPS) is 12.7. The van der Waals surface area contributed by atoms with E-state index in [-0.39, 0.29) is 11.9 Å². The second-order valence-electron chi connectivity index (χ2n) is 4.62. The van der Waals surface area contributed by atoms with Crippen LogP contribution in [0.5, 0.6) is 0 Å². The van der Waals surface area contributed by atoms with Gasteiger partial charge in [0.15, 0.2) is 0 Å². The number of hydrogen-bond donors (Lipinski definition) is 1. The van der Waals surface area contributed by atoms with E-state index in [0.717, 1.165) is 16.0 Å². The SMILES string of the molecule is Cc1cc(NC(=O)[C@@H](C)N(C)Cc2ccc(Br)s2)on1. The van der Waals surface area contributed by atoms with Crippen molar-refractivity contribution in [2.24, 2.45) is 0 Å². The monoisotopic (exact) mass is 357 g/mol. The molecule has 0 saturated carbocycles. The molecule has 0 aliphatic carbocycles. The van der Waals surface area contributed by atoms with Crippen LogP contribution in [-0.2, 0) is 11.3 Å². The van der Waals surface area contributed by atoms with Crippen LogP contribution in [0.3, 0.4) is 0 Å². The largest absolute Gasteiger partial charge is 0.338 e. The fourth-order valence-corrected chi connectivity index (χ4v) is 3.21.